The minimum absolute atomic E-state index is 0.137. The van der Waals surface area contributed by atoms with E-state index >= 15 is 0 Å². The maximum absolute atomic E-state index is 13.5. The number of carboxylic acids is 1. The number of carboxylic acid groups (broad SMARTS) is 1. The quantitative estimate of drug-likeness (QED) is 0.363. The molecule has 0 fully saturated rings. The summed E-state index contributed by atoms with van der Waals surface area (Å²) in [5.74, 6) is -1.66. The van der Waals surface area contributed by atoms with Gasteiger partial charge in [-0.25, -0.2) is 22.5 Å². The molecule has 4 aromatic rings. The van der Waals surface area contributed by atoms with Gasteiger partial charge in [0, 0.05) is 11.6 Å². The first-order valence-electron chi connectivity index (χ1n) is 9.52. The van der Waals surface area contributed by atoms with Crippen molar-refractivity contribution in [1.82, 2.24) is 4.98 Å². The van der Waals surface area contributed by atoms with Crippen LogP contribution in [0.25, 0.3) is 11.0 Å². The molecule has 0 unspecified atom stereocenters. The highest BCUT2D eigenvalue weighted by Crippen LogP contribution is 2.36. The van der Waals surface area contributed by atoms with Crippen molar-refractivity contribution in [3.05, 3.63) is 88.8 Å². The molecule has 0 radical (unpaired) electrons. The maximum atomic E-state index is 13.5. The van der Waals surface area contributed by atoms with Gasteiger partial charge in [-0.05, 0) is 54.1 Å². The Morgan fingerprint density at radius 3 is 2.41 bits per heavy atom. The first-order valence-corrected chi connectivity index (χ1v) is 11.3. The zero-order valence-corrected chi connectivity index (χ0v) is 18.5. The van der Waals surface area contributed by atoms with Crippen molar-refractivity contribution in [1.29, 1.82) is 0 Å². The first-order chi connectivity index (χ1) is 16.0. The Morgan fingerprint density at radius 1 is 1.09 bits per heavy atom. The molecule has 0 aliphatic rings. The van der Waals surface area contributed by atoms with E-state index in [4.69, 9.17) is 21.1 Å². The van der Waals surface area contributed by atoms with Crippen LogP contribution in [0.5, 0.6) is 0 Å². The average Bonchev–Trinajstić information content (AvgIpc) is 3.25. The molecule has 0 amide bonds. The second-order valence-corrected chi connectivity index (χ2v) is 9.43. The summed E-state index contributed by atoms with van der Waals surface area (Å²) in [5.41, 5.74) is -0.226. The van der Waals surface area contributed by atoms with Gasteiger partial charge in [-0.3, -0.25) is 0 Å². The summed E-state index contributed by atoms with van der Waals surface area (Å²) in [7, 11) is -4.42. The number of aromatic nitrogens is 1. The van der Waals surface area contributed by atoms with Gasteiger partial charge in [0.2, 0.25) is 0 Å². The van der Waals surface area contributed by atoms with Gasteiger partial charge in [0.1, 0.15) is 5.58 Å². The summed E-state index contributed by atoms with van der Waals surface area (Å²) >= 11 is 6.07. The van der Waals surface area contributed by atoms with E-state index in [0.29, 0.717) is 28.8 Å². The number of carbonyl (C=O) groups is 1. The highest BCUT2D eigenvalue weighted by Gasteiger charge is 2.34. The standard InChI is InChI=1S/C22H14ClF3N2O5S/c23-18-10-16(22(24,25)26)11-27-20(18)28(12-13-1-6-19-15(9-13)7-8-33-19)34(31,32)17-4-2-14(3-5-17)21(29)30/h1-11H,12H2,(H,29,30). The minimum Gasteiger partial charge on any atom is -0.478 e. The van der Waals surface area contributed by atoms with Crippen LogP contribution in [-0.4, -0.2) is 24.5 Å². The Labute approximate surface area is 196 Å². The Kier molecular flexibility index (Phi) is 6.00. The van der Waals surface area contributed by atoms with Crippen LogP contribution in [0.2, 0.25) is 5.02 Å². The Hall–Kier alpha value is -3.57. The number of alkyl halides is 3. The van der Waals surface area contributed by atoms with Gasteiger partial charge < -0.3 is 9.52 Å². The topological polar surface area (TPSA) is 101 Å². The molecule has 7 nitrogen and oxygen atoms in total. The fourth-order valence-electron chi connectivity index (χ4n) is 3.22. The molecule has 0 bridgehead atoms. The van der Waals surface area contributed by atoms with Gasteiger partial charge in [0.05, 0.1) is 33.9 Å². The number of benzene rings is 2. The van der Waals surface area contributed by atoms with Gasteiger partial charge >= 0.3 is 12.1 Å². The summed E-state index contributed by atoms with van der Waals surface area (Å²) in [6.45, 7) is -0.317. The average molecular weight is 511 g/mol. The van der Waals surface area contributed by atoms with Crippen LogP contribution in [0.1, 0.15) is 21.5 Å². The van der Waals surface area contributed by atoms with Crippen molar-refractivity contribution in [2.75, 3.05) is 4.31 Å². The number of rotatable bonds is 6. The second kappa shape index (κ2) is 8.65. The van der Waals surface area contributed by atoms with Crippen molar-refractivity contribution < 1.29 is 35.9 Å². The molecule has 4 rings (SSSR count). The van der Waals surface area contributed by atoms with E-state index in [2.05, 4.69) is 4.98 Å². The zero-order valence-electron chi connectivity index (χ0n) is 17.0. The van der Waals surface area contributed by atoms with Gasteiger partial charge in [-0.15, -0.1) is 0 Å². The van der Waals surface area contributed by atoms with Crippen LogP contribution >= 0.6 is 11.6 Å². The molecule has 34 heavy (non-hydrogen) atoms. The molecule has 0 aliphatic carbocycles. The maximum Gasteiger partial charge on any atom is 0.417 e. The minimum atomic E-state index is -4.72. The molecular formula is C22H14ClF3N2O5S. The van der Waals surface area contributed by atoms with E-state index < -0.39 is 38.6 Å². The van der Waals surface area contributed by atoms with Crippen molar-refractivity contribution in [3.8, 4) is 0 Å². The van der Waals surface area contributed by atoms with Crippen molar-refractivity contribution in [3.63, 3.8) is 0 Å². The number of fused-ring (bicyclic) bond motifs is 1. The summed E-state index contributed by atoms with van der Waals surface area (Å²) in [6.07, 6.45) is -2.77. The monoisotopic (exact) mass is 510 g/mol. The number of furan rings is 1. The van der Waals surface area contributed by atoms with Gasteiger partial charge in [0.15, 0.2) is 5.82 Å². The SMILES string of the molecule is O=C(O)c1ccc(S(=O)(=O)N(Cc2ccc3occc3c2)c2ncc(C(F)(F)F)cc2Cl)cc1. The molecule has 0 aliphatic heterocycles. The third kappa shape index (κ3) is 4.57. The lowest BCUT2D eigenvalue weighted by molar-refractivity contribution is -0.137. The smallest absolute Gasteiger partial charge is 0.417 e. The number of hydrogen-bond acceptors (Lipinski definition) is 5. The Morgan fingerprint density at radius 2 is 1.79 bits per heavy atom. The number of pyridine rings is 1. The van der Waals surface area contributed by atoms with E-state index in [1.165, 1.54) is 6.26 Å². The lowest BCUT2D eigenvalue weighted by atomic mass is 10.1. The van der Waals surface area contributed by atoms with Crippen LogP contribution in [0, 0.1) is 0 Å². The van der Waals surface area contributed by atoms with Crippen molar-refractivity contribution in [2.45, 2.75) is 17.6 Å². The van der Waals surface area contributed by atoms with Crippen LogP contribution in [0.4, 0.5) is 19.0 Å². The van der Waals surface area contributed by atoms with Crippen LogP contribution in [0.3, 0.4) is 0 Å². The fraction of sp³-hybridized carbons (Fsp3) is 0.0909. The molecule has 2 aromatic heterocycles. The van der Waals surface area contributed by atoms with E-state index in [1.807, 2.05) is 0 Å². The number of sulfonamides is 1. The van der Waals surface area contributed by atoms with Crippen molar-refractivity contribution in [2.24, 2.45) is 0 Å². The second-order valence-electron chi connectivity index (χ2n) is 7.16. The predicted molar refractivity (Wildman–Crippen MR) is 117 cm³/mol. The Balaban J connectivity index is 1.82. The molecule has 1 N–H and O–H groups in total. The summed E-state index contributed by atoms with van der Waals surface area (Å²) in [6, 6.07) is 11.5. The highest BCUT2D eigenvalue weighted by atomic mass is 35.5. The van der Waals surface area contributed by atoms with Gasteiger partial charge in [-0.1, -0.05) is 17.7 Å². The molecule has 0 atom stereocenters. The normalized spacial score (nSPS) is 12.1. The van der Waals surface area contributed by atoms with Gasteiger partial charge in [0.25, 0.3) is 10.0 Å². The molecule has 0 saturated carbocycles. The summed E-state index contributed by atoms with van der Waals surface area (Å²) < 4.78 is 72.3. The summed E-state index contributed by atoms with van der Waals surface area (Å²) in [4.78, 5) is 14.5. The Bertz CT molecular complexity index is 1480. The fourth-order valence-corrected chi connectivity index (χ4v) is 4.97. The zero-order chi connectivity index (χ0) is 24.7. The third-order valence-electron chi connectivity index (χ3n) is 4.92. The molecule has 2 heterocycles. The molecule has 2 aromatic carbocycles. The molecule has 0 spiro atoms. The largest absolute Gasteiger partial charge is 0.478 e. The predicted octanol–water partition coefficient (Wildman–Crippen LogP) is 5.59. The van der Waals surface area contributed by atoms with E-state index in [1.54, 1.807) is 24.3 Å². The molecule has 0 saturated heterocycles. The van der Waals surface area contributed by atoms with Crippen LogP contribution in [0.15, 0.2) is 76.4 Å². The first kappa shape index (κ1) is 23.6. The lowest BCUT2D eigenvalue weighted by Gasteiger charge is -2.25. The van der Waals surface area contributed by atoms with E-state index in [9.17, 15) is 26.4 Å². The number of anilines is 1. The molecule has 12 heteroatoms. The van der Waals surface area contributed by atoms with Crippen molar-refractivity contribution >= 4 is 44.4 Å². The number of aromatic carboxylic acids is 1. The van der Waals surface area contributed by atoms with Crippen LogP contribution < -0.4 is 4.31 Å². The van der Waals surface area contributed by atoms with E-state index in [-0.39, 0.29) is 17.0 Å². The van der Waals surface area contributed by atoms with Gasteiger partial charge in [-0.2, -0.15) is 13.2 Å². The number of halogens is 4. The highest BCUT2D eigenvalue weighted by molar-refractivity contribution is 7.92. The third-order valence-corrected chi connectivity index (χ3v) is 6.95. The van der Waals surface area contributed by atoms with Crippen LogP contribution in [-0.2, 0) is 22.7 Å². The summed E-state index contributed by atoms with van der Waals surface area (Å²) in [5, 5.41) is 9.23. The number of hydrogen-bond donors (Lipinski definition) is 1. The molecule has 176 valence electrons. The van der Waals surface area contributed by atoms with E-state index in [0.717, 1.165) is 28.6 Å². The number of nitrogens with zero attached hydrogens (tertiary/aromatic N) is 2. The lowest BCUT2D eigenvalue weighted by Crippen LogP contribution is -2.32. The molecular weight excluding hydrogens is 497 g/mol.